The molecule has 0 aromatic carbocycles. The highest BCUT2D eigenvalue weighted by atomic mass is 32.1. The number of hydrogen-bond acceptors (Lipinski definition) is 3. The van der Waals surface area contributed by atoms with Gasteiger partial charge in [0.05, 0.1) is 11.5 Å². The molecule has 1 amide bonds. The van der Waals surface area contributed by atoms with Crippen molar-refractivity contribution in [2.75, 3.05) is 19.6 Å². The van der Waals surface area contributed by atoms with Gasteiger partial charge < -0.3 is 11.5 Å². The zero-order valence-corrected chi connectivity index (χ0v) is 10.9. The van der Waals surface area contributed by atoms with Crippen LogP contribution < -0.4 is 11.5 Å². The van der Waals surface area contributed by atoms with Gasteiger partial charge in [-0.3, -0.25) is 9.69 Å². The SMILES string of the molecule is CCCCN(CCCCC(N)=S)CC(N)=O. The van der Waals surface area contributed by atoms with Crippen molar-refractivity contribution in [3.05, 3.63) is 0 Å². The second kappa shape index (κ2) is 9.54. The molecule has 0 bridgehead atoms. The summed E-state index contributed by atoms with van der Waals surface area (Å²) in [5.41, 5.74) is 10.6. The van der Waals surface area contributed by atoms with Crippen LogP contribution >= 0.6 is 12.2 Å². The van der Waals surface area contributed by atoms with E-state index in [0.717, 1.165) is 45.2 Å². The first-order valence-corrected chi connectivity index (χ1v) is 6.26. The van der Waals surface area contributed by atoms with Gasteiger partial charge in [0.2, 0.25) is 5.91 Å². The summed E-state index contributed by atoms with van der Waals surface area (Å²) >= 11 is 4.80. The first kappa shape index (κ1) is 15.3. The smallest absolute Gasteiger partial charge is 0.231 e. The Morgan fingerprint density at radius 1 is 1.19 bits per heavy atom. The molecule has 0 radical (unpaired) electrons. The quantitative estimate of drug-likeness (QED) is 0.445. The molecule has 0 atom stereocenters. The highest BCUT2D eigenvalue weighted by Crippen LogP contribution is 2.01. The van der Waals surface area contributed by atoms with Gasteiger partial charge in [0, 0.05) is 0 Å². The van der Waals surface area contributed by atoms with Crippen molar-refractivity contribution in [2.24, 2.45) is 11.5 Å². The number of unbranched alkanes of at least 4 members (excludes halogenated alkanes) is 2. The zero-order valence-electron chi connectivity index (χ0n) is 10.1. The van der Waals surface area contributed by atoms with Crippen molar-refractivity contribution in [3.8, 4) is 0 Å². The summed E-state index contributed by atoms with van der Waals surface area (Å²) in [6.07, 6.45) is 5.00. The lowest BCUT2D eigenvalue weighted by atomic mass is 10.2. The van der Waals surface area contributed by atoms with Crippen molar-refractivity contribution in [3.63, 3.8) is 0 Å². The molecule has 16 heavy (non-hydrogen) atoms. The Balaban J connectivity index is 3.72. The van der Waals surface area contributed by atoms with E-state index in [1.54, 1.807) is 0 Å². The predicted molar refractivity (Wildman–Crippen MR) is 71.2 cm³/mol. The number of carbonyl (C=O) groups is 1. The third-order valence-corrected chi connectivity index (χ3v) is 2.56. The number of primary amides is 1. The summed E-state index contributed by atoms with van der Waals surface area (Å²) < 4.78 is 0. The molecule has 0 rings (SSSR count). The molecule has 0 unspecified atom stereocenters. The maximum Gasteiger partial charge on any atom is 0.231 e. The van der Waals surface area contributed by atoms with Crippen molar-refractivity contribution in [2.45, 2.75) is 39.0 Å². The summed E-state index contributed by atoms with van der Waals surface area (Å²) in [5.74, 6) is -0.259. The minimum Gasteiger partial charge on any atom is -0.393 e. The first-order valence-electron chi connectivity index (χ1n) is 5.85. The maximum absolute atomic E-state index is 10.9. The second-order valence-corrected chi connectivity index (χ2v) is 4.54. The van der Waals surface area contributed by atoms with Gasteiger partial charge in [-0.15, -0.1) is 0 Å². The van der Waals surface area contributed by atoms with Crippen LogP contribution in [0.5, 0.6) is 0 Å². The third-order valence-electron chi connectivity index (χ3n) is 2.35. The molecular formula is C11H23N3OS. The van der Waals surface area contributed by atoms with Gasteiger partial charge in [-0.2, -0.15) is 0 Å². The standard InChI is InChI=1S/C11H23N3OS/c1-2-3-7-14(9-10(12)15)8-5-4-6-11(13)16/h2-9H2,1H3,(H2,12,15)(H2,13,16). The lowest BCUT2D eigenvalue weighted by Crippen LogP contribution is -2.35. The van der Waals surface area contributed by atoms with Gasteiger partial charge in [0.1, 0.15) is 0 Å². The van der Waals surface area contributed by atoms with Gasteiger partial charge in [0.25, 0.3) is 0 Å². The van der Waals surface area contributed by atoms with Crippen LogP contribution in [0.1, 0.15) is 39.0 Å². The molecule has 5 heteroatoms. The summed E-state index contributed by atoms with van der Waals surface area (Å²) in [4.78, 5) is 13.5. The molecule has 0 fully saturated rings. The molecule has 0 heterocycles. The first-order chi connectivity index (χ1) is 7.56. The van der Waals surface area contributed by atoms with E-state index < -0.39 is 0 Å². The van der Waals surface area contributed by atoms with E-state index in [1.165, 1.54) is 0 Å². The summed E-state index contributed by atoms with van der Waals surface area (Å²) in [7, 11) is 0. The minimum absolute atomic E-state index is 0.259. The van der Waals surface area contributed by atoms with Crippen LogP contribution in [0.4, 0.5) is 0 Å². The molecule has 4 N–H and O–H groups in total. The molecule has 0 aliphatic carbocycles. The van der Waals surface area contributed by atoms with E-state index in [4.69, 9.17) is 23.7 Å². The van der Waals surface area contributed by atoms with E-state index in [2.05, 4.69) is 11.8 Å². The minimum atomic E-state index is -0.259. The van der Waals surface area contributed by atoms with Crippen LogP contribution in [0, 0.1) is 0 Å². The number of nitrogens with two attached hydrogens (primary N) is 2. The molecule has 0 aromatic heterocycles. The number of amides is 1. The number of thiocarbonyl (C=S) groups is 1. The Bertz CT molecular complexity index is 221. The number of nitrogens with zero attached hydrogens (tertiary/aromatic N) is 1. The van der Waals surface area contributed by atoms with Gasteiger partial charge in [-0.05, 0) is 38.8 Å². The van der Waals surface area contributed by atoms with Crippen LogP contribution in [-0.2, 0) is 4.79 Å². The monoisotopic (exact) mass is 245 g/mol. The van der Waals surface area contributed by atoms with Crippen molar-refractivity contribution >= 4 is 23.1 Å². The largest absolute Gasteiger partial charge is 0.393 e. The average Bonchev–Trinajstić information content (AvgIpc) is 2.19. The average molecular weight is 245 g/mol. The lowest BCUT2D eigenvalue weighted by molar-refractivity contribution is -0.119. The van der Waals surface area contributed by atoms with Gasteiger partial charge in [-0.1, -0.05) is 25.6 Å². The van der Waals surface area contributed by atoms with Gasteiger partial charge in [-0.25, -0.2) is 0 Å². The molecular weight excluding hydrogens is 222 g/mol. The van der Waals surface area contributed by atoms with Crippen LogP contribution in [0.25, 0.3) is 0 Å². The van der Waals surface area contributed by atoms with E-state index in [0.29, 0.717) is 11.5 Å². The van der Waals surface area contributed by atoms with E-state index in [-0.39, 0.29) is 5.91 Å². The van der Waals surface area contributed by atoms with Crippen molar-refractivity contribution in [1.82, 2.24) is 4.90 Å². The Hall–Kier alpha value is -0.680. The predicted octanol–water partition coefficient (Wildman–Crippen LogP) is 1.03. The Kier molecular flexibility index (Phi) is 9.13. The van der Waals surface area contributed by atoms with Crippen LogP contribution in [0.15, 0.2) is 0 Å². The van der Waals surface area contributed by atoms with E-state index in [9.17, 15) is 4.79 Å². The molecule has 0 aromatic rings. The van der Waals surface area contributed by atoms with Crippen molar-refractivity contribution in [1.29, 1.82) is 0 Å². The van der Waals surface area contributed by atoms with Crippen LogP contribution in [0.2, 0.25) is 0 Å². The Morgan fingerprint density at radius 2 is 1.81 bits per heavy atom. The summed E-state index contributed by atoms with van der Waals surface area (Å²) in [6.45, 7) is 4.32. The van der Waals surface area contributed by atoms with Gasteiger partial charge in [0.15, 0.2) is 0 Å². The third kappa shape index (κ3) is 9.86. The normalized spacial score (nSPS) is 10.6. The topological polar surface area (TPSA) is 72.3 Å². The lowest BCUT2D eigenvalue weighted by Gasteiger charge is -2.20. The second-order valence-electron chi connectivity index (χ2n) is 4.02. The summed E-state index contributed by atoms with van der Waals surface area (Å²) in [6, 6.07) is 0. The molecule has 94 valence electrons. The zero-order chi connectivity index (χ0) is 12.4. The van der Waals surface area contributed by atoms with E-state index >= 15 is 0 Å². The number of rotatable bonds is 10. The fraction of sp³-hybridized carbons (Fsp3) is 0.818. The van der Waals surface area contributed by atoms with Crippen molar-refractivity contribution < 1.29 is 4.79 Å². The maximum atomic E-state index is 10.9. The van der Waals surface area contributed by atoms with Crippen LogP contribution in [0.3, 0.4) is 0 Å². The number of carbonyl (C=O) groups excluding carboxylic acids is 1. The highest BCUT2D eigenvalue weighted by molar-refractivity contribution is 7.80. The summed E-state index contributed by atoms with van der Waals surface area (Å²) in [5, 5.41) is 0. The Morgan fingerprint density at radius 3 is 2.31 bits per heavy atom. The fourth-order valence-electron chi connectivity index (χ4n) is 1.51. The van der Waals surface area contributed by atoms with Crippen LogP contribution in [-0.4, -0.2) is 35.4 Å². The molecule has 0 saturated carbocycles. The fourth-order valence-corrected chi connectivity index (χ4v) is 1.65. The molecule has 4 nitrogen and oxygen atoms in total. The molecule has 0 saturated heterocycles. The Labute approximate surface area is 103 Å². The molecule has 0 aliphatic rings. The molecule has 0 aliphatic heterocycles. The van der Waals surface area contributed by atoms with E-state index in [1.807, 2.05) is 0 Å². The highest BCUT2D eigenvalue weighted by Gasteiger charge is 2.07. The van der Waals surface area contributed by atoms with Gasteiger partial charge >= 0.3 is 0 Å². The number of hydrogen-bond donors (Lipinski definition) is 2. The molecule has 0 spiro atoms.